The van der Waals surface area contributed by atoms with E-state index in [1.165, 1.54) is 0 Å². The van der Waals surface area contributed by atoms with Crippen molar-refractivity contribution >= 4 is 34.0 Å². The minimum Gasteiger partial charge on any atom is -0.376 e. The second kappa shape index (κ2) is 6.11. The molecular weight excluding hydrogens is 309 g/mol. The number of para-hydroxylation sites is 1. The maximum atomic E-state index is 13.3. The second-order valence-electron chi connectivity index (χ2n) is 5.51. The van der Waals surface area contributed by atoms with Crippen LogP contribution >= 0.6 is 0 Å². The highest BCUT2D eigenvalue weighted by atomic mass is 19.1. The lowest BCUT2D eigenvalue weighted by molar-refractivity contribution is 0.100. The van der Waals surface area contributed by atoms with E-state index in [0.29, 0.717) is 5.69 Å². The Kier molecular flexibility index (Phi) is 3.99. The standard InChI is InChI=1S/C17H16FN5O/c1-23(2)14-5-3-4-10-6-12(9-20-15(10)14)22-17-13(16(19)24)7-11(18)8-21-17/h3-9H,1-2H3,(H2,19,24)(H,21,22). The summed E-state index contributed by atoms with van der Waals surface area (Å²) < 4.78 is 13.3. The molecule has 3 rings (SSSR count). The molecule has 24 heavy (non-hydrogen) atoms. The van der Waals surface area contributed by atoms with Gasteiger partial charge in [0.25, 0.3) is 5.91 Å². The van der Waals surface area contributed by atoms with Crippen molar-refractivity contribution in [2.75, 3.05) is 24.3 Å². The Morgan fingerprint density at radius 3 is 2.71 bits per heavy atom. The highest BCUT2D eigenvalue weighted by molar-refractivity contribution is 5.98. The molecule has 0 aliphatic carbocycles. The van der Waals surface area contributed by atoms with Gasteiger partial charge in [-0.05, 0) is 18.2 Å². The van der Waals surface area contributed by atoms with Gasteiger partial charge in [0.15, 0.2) is 0 Å². The fourth-order valence-corrected chi connectivity index (χ4v) is 2.44. The lowest BCUT2D eigenvalue weighted by Crippen LogP contribution is -2.14. The summed E-state index contributed by atoms with van der Waals surface area (Å²) in [6.07, 6.45) is 2.65. The minimum absolute atomic E-state index is 0.0165. The lowest BCUT2D eigenvalue weighted by atomic mass is 10.1. The Labute approximate surface area is 138 Å². The van der Waals surface area contributed by atoms with Gasteiger partial charge in [-0.1, -0.05) is 12.1 Å². The SMILES string of the molecule is CN(C)c1cccc2cc(Nc3ncc(F)cc3C(N)=O)cnc12. The van der Waals surface area contributed by atoms with Gasteiger partial charge in [-0.3, -0.25) is 9.78 Å². The third kappa shape index (κ3) is 2.96. The molecule has 0 aliphatic rings. The summed E-state index contributed by atoms with van der Waals surface area (Å²) in [4.78, 5) is 21.8. The normalized spacial score (nSPS) is 10.6. The maximum absolute atomic E-state index is 13.3. The zero-order valence-corrected chi connectivity index (χ0v) is 13.2. The van der Waals surface area contributed by atoms with Crippen LogP contribution in [0.25, 0.3) is 10.9 Å². The van der Waals surface area contributed by atoms with Crippen molar-refractivity contribution in [3.8, 4) is 0 Å². The van der Waals surface area contributed by atoms with Gasteiger partial charge in [-0.15, -0.1) is 0 Å². The Bertz CT molecular complexity index is 926. The van der Waals surface area contributed by atoms with Crippen molar-refractivity contribution in [1.29, 1.82) is 0 Å². The van der Waals surface area contributed by atoms with E-state index in [-0.39, 0.29) is 11.4 Å². The molecule has 2 heterocycles. The quantitative estimate of drug-likeness (QED) is 0.770. The average molecular weight is 325 g/mol. The Balaban J connectivity index is 2.01. The number of carbonyl (C=O) groups is 1. The molecule has 0 spiro atoms. The number of amides is 1. The van der Waals surface area contributed by atoms with Crippen LogP contribution in [0.4, 0.5) is 21.6 Å². The topological polar surface area (TPSA) is 84.1 Å². The van der Waals surface area contributed by atoms with Gasteiger partial charge in [0.05, 0.1) is 34.8 Å². The highest BCUT2D eigenvalue weighted by Gasteiger charge is 2.12. The zero-order valence-electron chi connectivity index (χ0n) is 13.2. The van der Waals surface area contributed by atoms with Crippen molar-refractivity contribution in [1.82, 2.24) is 9.97 Å². The molecule has 0 unspecified atom stereocenters. The van der Waals surface area contributed by atoms with E-state index in [2.05, 4.69) is 15.3 Å². The number of aromatic nitrogens is 2. The molecule has 0 aliphatic heterocycles. The van der Waals surface area contributed by atoms with Gasteiger partial charge in [0, 0.05) is 19.5 Å². The smallest absolute Gasteiger partial charge is 0.252 e. The summed E-state index contributed by atoms with van der Waals surface area (Å²) in [7, 11) is 3.90. The van der Waals surface area contributed by atoms with Crippen LogP contribution in [0.15, 0.2) is 42.7 Å². The molecule has 1 amide bonds. The number of primary amides is 1. The second-order valence-corrected chi connectivity index (χ2v) is 5.51. The summed E-state index contributed by atoms with van der Waals surface area (Å²) in [6.45, 7) is 0. The van der Waals surface area contributed by atoms with Crippen LogP contribution in [0.2, 0.25) is 0 Å². The Morgan fingerprint density at radius 2 is 2.00 bits per heavy atom. The number of anilines is 3. The summed E-state index contributed by atoms with van der Waals surface area (Å²) in [5, 5.41) is 3.89. The Morgan fingerprint density at radius 1 is 1.21 bits per heavy atom. The van der Waals surface area contributed by atoms with Crippen LogP contribution in [-0.4, -0.2) is 30.0 Å². The Hall–Kier alpha value is -3.22. The third-order valence-electron chi connectivity index (χ3n) is 3.55. The molecule has 0 radical (unpaired) electrons. The lowest BCUT2D eigenvalue weighted by Gasteiger charge is -2.15. The van der Waals surface area contributed by atoms with Crippen molar-refractivity contribution in [2.45, 2.75) is 0 Å². The molecule has 3 aromatic rings. The minimum atomic E-state index is -0.756. The molecule has 0 fully saturated rings. The van der Waals surface area contributed by atoms with Crippen LogP contribution in [0, 0.1) is 5.82 Å². The van der Waals surface area contributed by atoms with Gasteiger partial charge in [0.2, 0.25) is 0 Å². The number of pyridine rings is 2. The predicted molar refractivity (Wildman–Crippen MR) is 92.1 cm³/mol. The highest BCUT2D eigenvalue weighted by Crippen LogP contribution is 2.27. The molecule has 0 saturated heterocycles. The van der Waals surface area contributed by atoms with E-state index < -0.39 is 11.7 Å². The molecule has 0 bridgehead atoms. The number of nitrogens with one attached hydrogen (secondary N) is 1. The first-order valence-electron chi connectivity index (χ1n) is 7.24. The molecule has 1 aromatic carbocycles. The number of carbonyl (C=O) groups excluding carboxylic acids is 1. The molecule has 7 heteroatoms. The van der Waals surface area contributed by atoms with E-state index in [0.717, 1.165) is 28.9 Å². The van der Waals surface area contributed by atoms with E-state index >= 15 is 0 Å². The molecule has 122 valence electrons. The average Bonchev–Trinajstić information content (AvgIpc) is 2.55. The summed E-state index contributed by atoms with van der Waals surface area (Å²) in [6, 6.07) is 8.79. The van der Waals surface area contributed by atoms with Crippen LogP contribution in [0.5, 0.6) is 0 Å². The number of rotatable bonds is 4. The predicted octanol–water partition coefficient (Wildman–Crippen LogP) is 2.68. The largest absolute Gasteiger partial charge is 0.376 e. The van der Waals surface area contributed by atoms with Gasteiger partial charge >= 0.3 is 0 Å². The van der Waals surface area contributed by atoms with Crippen molar-refractivity contribution in [3.63, 3.8) is 0 Å². The summed E-state index contributed by atoms with van der Waals surface area (Å²) in [5.74, 6) is -1.19. The maximum Gasteiger partial charge on any atom is 0.252 e. The molecule has 2 aromatic heterocycles. The van der Waals surface area contributed by atoms with E-state index in [4.69, 9.17) is 5.73 Å². The van der Waals surface area contributed by atoms with Gasteiger partial charge < -0.3 is 16.0 Å². The number of nitrogens with two attached hydrogens (primary N) is 1. The number of hydrogen-bond acceptors (Lipinski definition) is 5. The van der Waals surface area contributed by atoms with Gasteiger partial charge in [-0.2, -0.15) is 0 Å². The number of fused-ring (bicyclic) bond motifs is 1. The number of nitrogens with zero attached hydrogens (tertiary/aromatic N) is 3. The van der Waals surface area contributed by atoms with Crippen molar-refractivity contribution in [2.24, 2.45) is 5.73 Å². The van der Waals surface area contributed by atoms with Crippen molar-refractivity contribution in [3.05, 3.63) is 54.1 Å². The van der Waals surface area contributed by atoms with E-state index in [1.54, 1.807) is 6.20 Å². The monoisotopic (exact) mass is 325 g/mol. The van der Waals surface area contributed by atoms with E-state index in [9.17, 15) is 9.18 Å². The number of benzene rings is 1. The van der Waals surface area contributed by atoms with Gasteiger partial charge in [0.1, 0.15) is 11.6 Å². The molecule has 6 nitrogen and oxygen atoms in total. The number of halogens is 1. The summed E-state index contributed by atoms with van der Waals surface area (Å²) in [5.41, 5.74) is 7.74. The summed E-state index contributed by atoms with van der Waals surface area (Å²) >= 11 is 0. The van der Waals surface area contributed by atoms with Gasteiger partial charge in [-0.25, -0.2) is 9.37 Å². The van der Waals surface area contributed by atoms with Crippen molar-refractivity contribution < 1.29 is 9.18 Å². The van der Waals surface area contributed by atoms with Crippen LogP contribution in [-0.2, 0) is 0 Å². The molecule has 0 atom stereocenters. The van der Waals surface area contributed by atoms with Crippen LogP contribution < -0.4 is 16.0 Å². The van der Waals surface area contributed by atoms with Crippen LogP contribution in [0.3, 0.4) is 0 Å². The molecule has 0 saturated carbocycles. The first-order chi connectivity index (χ1) is 11.5. The fourth-order valence-electron chi connectivity index (χ4n) is 2.44. The number of hydrogen-bond donors (Lipinski definition) is 2. The first-order valence-corrected chi connectivity index (χ1v) is 7.24. The third-order valence-corrected chi connectivity index (χ3v) is 3.55. The van der Waals surface area contributed by atoms with Crippen LogP contribution in [0.1, 0.15) is 10.4 Å². The van der Waals surface area contributed by atoms with E-state index in [1.807, 2.05) is 43.3 Å². The fraction of sp³-hybridized carbons (Fsp3) is 0.118. The first kappa shape index (κ1) is 15.7. The molecule has 3 N–H and O–H groups in total. The zero-order chi connectivity index (χ0) is 17.3. The molecular formula is C17H16FN5O.